The number of amides is 1. The van der Waals surface area contributed by atoms with Crippen molar-refractivity contribution in [1.82, 2.24) is 5.32 Å². The summed E-state index contributed by atoms with van der Waals surface area (Å²) in [5.41, 5.74) is 1.35. The average Bonchev–Trinajstić information content (AvgIpc) is 2.71. The normalized spacial score (nSPS) is 13.3. The number of hydrogen-bond acceptors (Lipinski definition) is 4. The van der Waals surface area contributed by atoms with Crippen molar-refractivity contribution in [1.29, 1.82) is 0 Å². The van der Waals surface area contributed by atoms with Crippen LogP contribution < -0.4 is 10.2 Å². The molecule has 0 saturated carbocycles. The first kappa shape index (κ1) is 12.6. The lowest BCUT2D eigenvalue weighted by Crippen LogP contribution is -2.34. The smallest absolute Gasteiger partial charge is 0.276 e. The summed E-state index contributed by atoms with van der Waals surface area (Å²) in [6.07, 6.45) is 0.555. The number of carbonyl (C=O) groups is 1. The van der Waals surface area contributed by atoms with E-state index in [2.05, 4.69) is 5.32 Å². The van der Waals surface area contributed by atoms with Gasteiger partial charge in [0.05, 0.1) is 17.0 Å². The third-order valence-electron chi connectivity index (χ3n) is 2.95. The van der Waals surface area contributed by atoms with Crippen molar-refractivity contribution in [3.05, 3.63) is 32.8 Å². The van der Waals surface area contributed by atoms with Crippen LogP contribution in [-0.2, 0) is 11.2 Å². The van der Waals surface area contributed by atoms with Crippen LogP contribution >= 0.6 is 11.6 Å². The Balaban J connectivity index is 2.38. The van der Waals surface area contributed by atoms with E-state index in [1.807, 2.05) is 0 Å². The molecule has 0 unspecified atom stereocenters. The lowest BCUT2D eigenvalue weighted by molar-refractivity contribution is -0.385. The second-order valence-electron chi connectivity index (χ2n) is 4.02. The van der Waals surface area contributed by atoms with E-state index in [-0.39, 0.29) is 18.1 Å². The molecule has 0 saturated heterocycles. The van der Waals surface area contributed by atoms with E-state index in [0.717, 1.165) is 0 Å². The van der Waals surface area contributed by atoms with Crippen molar-refractivity contribution in [2.24, 2.45) is 0 Å². The summed E-state index contributed by atoms with van der Waals surface area (Å²) in [5.74, 6) is -0.134. The summed E-state index contributed by atoms with van der Waals surface area (Å²) < 4.78 is 0. The zero-order valence-electron chi connectivity index (χ0n) is 9.77. The Morgan fingerprint density at radius 2 is 2.33 bits per heavy atom. The highest BCUT2D eigenvalue weighted by Crippen LogP contribution is 2.37. The quantitative estimate of drug-likeness (QED) is 0.664. The third kappa shape index (κ3) is 2.24. The molecule has 1 heterocycles. The largest absolute Gasteiger partial charge is 0.361 e. The Morgan fingerprint density at radius 3 is 2.94 bits per heavy atom. The fraction of sp³-hybridized carbons (Fsp3) is 0.364. The molecular formula is C11H12ClN3O3. The number of nitrogens with zero attached hydrogens (tertiary/aromatic N) is 2. The maximum atomic E-state index is 11.4. The molecule has 0 bridgehead atoms. The van der Waals surface area contributed by atoms with Gasteiger partial charge in [0.15, 0.2) is 0 Å². The molecular weight excluding hydrogens is 258 g/mol. The summed E-state index contributed by atoms with van der Waals surface area (Å²) in [6, 6.07) is 3.02. The number of anilines is 1. The predicted octanol–water partition coefficient (Wildman–Crippen LogP) is 1.36. The van der Waals surface area contributed by atoms with Crippen LogP contribution in [0.25, 0.3) is 0 Å². The van der Waals surface area contributed by atoms with Crippen molar-refractivity contribution in [3.8, 4) is 0 Å². The zero-order chi connectivity index (χ0) is 13.3. The number of rotatable bonds is 3. The molecule has 1 N–H and O–H groups in total. The molecule has 18 heavy (non-hydrogen) atoms. The van der Waals surface area contributed by atoms with Crippen molar-refractivity contribution >= 4 is 28.9 Å². The van der Waals surface area contributed by atoms with E-state index < -0.39 is 4.92 Å². The second-order valence-corrected chi connectivity index (χ2v) is 4.46. The summed E-state index contributed by atoms with van der Waals surface area (Å²) in [5, 5.41) is 13.8. The summed E-state index contributed by atoms with van der Waals surface area (Å²) in [6.45, 7) is 0.769. The Bertz CT molecular complexity index is 519. The van der Waals surface area contributed by atoms with Crippen LogP contribution in [0.3, 0.4) is 0 Å². The molecule has 0 atom stereocenters. The van der Waals surface area contributed by atoms with Crippen LogP contribution in [0.1, 0.15) is 5.56 Å². The van der Waals surface area contributed by atoms with Gasteiger partial charge in [-0.05, 0) is 12.5 Å². The number of carbonyl (C=O) groups excluding carboxylic acids is 1. The van der Waals surface area contributed by atoms with Gasteiger partial charge in [0.25, 0.3) is 5.69 Å². The molecule has 1 aromatic rings. The average molecular weight is 270 g/mol. The van der Waals surface area contributed by atoms with Gasteiger partial charge >= 0.3 is 0 Å². The SMILES string of the molecule is CNC(=O)CN1CCc2c1cc(Cl)cc2[N+](=O)[O-]. The Morgan fingerprint density at radius 1 is 1.61 bits per heavy atom. The summed E-state index contributed by atoms with van der Waals surface area (Å²) in [4.78, 5) is 23.7. The Labute approximate surface area is 109 Å². The molecule has 6 nitrogen and oxygen atoms in total. The molecule has 0 radical (unpaired) electrons. The van der Waals surface area contributed by atoms with Gasteiger partial charge in [-0.2, -0.15) is 0 Å². The highest BCUT2D eigenvalue weighted by molar-refractivity contribution is 6.31. The minimum absolute atomic E-state index is 0.0249. The van der Waals surface area contributed by atoms with Crippen LogP contribution in [0, 0.1) is 10.1 Å². The maximum Gasteiger partial charge on any atom is 0.276 e. The Kier molecular flexibility index (Phi) is 3.38. The van der Waals surface area contributed by atoms with Crippen molar-refractivity contribution in [2.45, 2.75) is 6.42 Å². The van der Waals surface area contributed by atoms with Crippen molar-refractivity contribution in [3.63, 3.8) is 0 Å². The highest BCUT2D eigenvalue weighted by atomic mass is 35.5. The van der Waals surface area contributed by atoms with Gasteiger partial charge in [-0.15, -0.1) is 0 Å². The van der Waals surface area contributed by atoms with Gasteiger partial charge in [0.1, 0.15) is 0 Å². The minimum Gasteiger partial charge on any atom is -0.361 e. The van der Waals surface area contributed by atoms with E-state index in [0.29, 0.717) is 29.2 Å². The van der Waals surface area contributed by atoms with Crippen molar-refractivity contribution < 1.29 is 9.72 Å². The molecule has 0 aromatic heterocycles. The predicted molar refractivity (Wildman–Crippen MR) is 68.1 cm³/mol. The van der Waals surface area contributed by atoms with E-state index in [9.17, 15) is 14.9 Å². The van der Waals surface area contributed by atoms with Crippen LogP contribution in [0.5, 0.6) is 0 Å². The monoisotopic (exact) mass is 269 g/mol. The van der Waals surface area contributed by atoms with E-state index >= 15 is 0 Å². The van der Waals surface area contributed by atoms with Gasteiger partial charge in [-0.1, -0.05) is 11.6 Å². The number of nitrogens with one attached hydrogen (secondary N) is 1. The van der Waals surface area contributed by atoms with Gasteiger partial charge in [-0.25, -0.2) is 0 Å². The fourth-order valence-corrected chi connectivity index (χ4v) is 2.30. The number of likely N-dealkylation sites (N-methyl/N-ethyl adjacent to an activating group) is 1. The van der Waals surface area contributed by atoms with Gasteiger partial charge in [0, 0.05) is 30.4 Å². The number of benzene rings is 1. The van der Waals surface area contributed by atoms with E-state index in [1.54, 1.807) is 18.0 Å². The lowest BCUT2D eigenvalue weighted by atomic mass is 10.1. The second kappa shape index (κ2) is 4.81. The molecule has 1 amide bonds. The fourth-order valence-electron chi connectivity index (χ4n) is 2.09. The molecule has 0 aliphatic carbocycles. The number of fused-ring (bicyclic) bond motifs is 1. The van der Waals surface area contributed by atoms with Gasteiger partial charge in [-0.3, -0.25) is 14.9 Å². The number of hydrogen-bond donors (Lipinski definition) is 1. The molecule has 2 rings (SSSR count). The maximum absolute atomic E-state index is 11.4. The molecule has 1 aromatic carbocycles. The summed E-state index contributed by atoms with van der Waals surface area (Å²) >= 11 is 5.88. The molecule has 1 aliphatic heterocycles. The minimum atomic E-state index is -0.436. The Hall–Kier alpha value is -1.82. The molecule has 1 aliphatic rings. The van der Waals surface area contributed by atoms with Crippen LogP contribution in [0.2, 0.25) is 5.02 Å². The number of nitro benzene ring substituents is 1. The molecule has 0 spiro atoms. The first-order chi connectivity index (χ1) is 8.52. The number of halogens is 1. The van der Waals surface area contributed by atoms with Crippen LogP contribution in [0.15, 0.2) is 12.1 Å². The topological polar surface area (TPSA) is 75.5 Å². The standard InChI is InChI=1S/C11H12ClN3O3/c1-13-11(16)6-14-3-2-8-9(14)4-7(12)5-10(8)15(17)18/h4-5H,2-3,6H2,1H3,(H,13,16). The van der Waals surface area contributed by atoms with Crippen LogP contribution in [-0.4, -0.2) is 31.0 Å². The first-order valence-electron chi connectivity index (χ1n) is 5.45. The molecule has 96 valence electrons. The van der Waals surface area contributed by atoms with Gasteiger partial charge in [0.2, 0.25) is 5.91 Å². The van der Waals surface area contributed by atoms with E-state index in [4.69, 9.17) is 11.6 Å². The third-order valence-corrected chi connectivity index (χ3v) is 3.17. The van der Waals surface area contributed by atoms with Crippen molar-refractivity contribution in [2.75, 3.05) is 25.0 Å². The van der Waals surface area contributed by atoms with Gasteiger partial charge < -0.3 is 10.2 Å². The summed E-state index contributed by atoms with van der Waals surface area (Å²) in [7, 11) is 1.56. The number of nitro groups is 1. The lowest BCUT2D eigenvalue weighted by Gasteiger charge is -2.18. The zero-order valence-corrected chi connectivity index (χ0v) is 10.5. The molecule has 7 heteroatoms. The highest BCUT2D eigenvalue weighted by Gasteiger charge is 2.28. The van der Waals surface area contributed by atoms with Crippen LogP contribution in [0.4, 0.5) is 11.4 Å². The molecule has 0 fully saturated rings. The first-order valence-corrected chi connectivity index (χ1v) is 5.83. The van der Waals surface area contributed by atoms with E-state index in [1.165, 1.54) is 6.07 Å².